The van der Waals surface area contributed by atoms with Gasteiger partial charge in [-0.2, -0.15) is 0 Å². The highest BCUT2D eigenvalue weighted by Gasteiger charge is 2.30. The van der Waals surface area contributed by atoms with E-state index < -0.39 is 11.4 Å². The highest BCUT2D eigenvalue weighted by atomic mass is 79.9. The zero-order valence-corrected chi connectivity index (χ0v) is 12.3. The number of ether oxygens (including phenoxy) is 1. The normalized spacial score (nSPS) is 13.2. The quantitative estimate of drug-likeness (QED) is 0.876. The fourth-order valence-electron chi connectivity index (χ4n) is 1.67. The molecule has 0 amide bonds. The molecule has 18 heavy (non-hydrogen) atoms. The van der Waals surface area contributed by atoms with Crippen LogP contribution in [0.2, 0.25) is 0 Å². The number of hydrogen-bond donors (Lipinski definition) is 2. The first-order chi connectivity index (χ1) is 8.27. The number of halogens is 1. The van der Waals surface area contributed by atoms with Gasteiger partial charge in [0, 0.05) is 6.04 Å². The fraction of sp³-hybridized carbons (Fsp3) is 0.462. The molecule has 0 saturated heterocycles. The summed E-state index contributed by atoms with van der Waals surface area (Å²) >= 11 is 3.39. The summed E-state index contributed by atoms with van der Waals surface area (Å²) in [6.07, 6.45) is 0.376. The molecule has 5 heteroatoms. The first-order valence-electron chi connectivity index (χ1n) is 5.60. The zero-order valence-electron chi connectivity index (χ0n) is 10.7. The van der Waals surface area contributed by atoms with E-state index in [0.717, 1.165) is 15.8 Å². The number of aliphatic carboxylic acids is 1. The number of rotatable bonds is 5. The molecule has 0 heterocycles. The molecular weight excluding hydrogens is 298 g/mol. The van der Waals surface area contributed by atoms with Gasteiger partial charge in [-0.1, -0.05) is 6.07 Å². The molecule has 1 aromatic rings. The van der Waals surface area contributed by atoms with Crippen LogP contribution < -0.4 is 10.5 Å². The van der Waals surface area contributed by atoms with Crippen LogP contribution in [0.4, 0.5) is 0 Å². The molecule has 0 spiro atoms. The van der Waals surface area contributed by atoms with E-state index in [1.165, 1.54) is 0 Å². The van der Waals surface area contributed by atoms with E-state index in [0.29, 0.717) is 6.42 Å². The third-order valence-corrected chi connectivity index (χ3v) is 3.53. The Bertz CT molecular complexity index is 446. The van der Waals surface area contributed by atoms with Crippen molar-refractivity contribution in [1.29, 1.82) is 0 Å². The van der Waals surface area contributed by atoms with Gasteiger partial charge in [-0.15, -0.1) is 0 Å². The first-order valence-corrected chi connectivity index (χ1v) is 6.39. The summed E-state index contributed by atoms with van der Waals surface area (Å²) in [5, 5.41) is 9.09. The molecule has 0 bridgehead atoms. The summed E-state index contributed by atoms with van der Waals surface area (Å²) in [4.78, 5) is 11.1. The summed E-state index contributed by atoms with van der Waals surface area (Å²) in [5.74, 6) is -0.117. The van der Waals surface area contributed by atoms with Crippen LogP contribution in [-0.4, -0.2) is 18.2 Å². The standard InChI is InChI=1S/C13H18BrNO3/c1-13(2,12(16)17)7-10(15)8-4-5-11(18-3)9(14)6-8/h4-6,10H,7,15H2,1-3H3,(H,16,17). The Hall–Kier alpha value is -1.07. The van der Waals surface area contributed by atoms with Crippen molar-refractivity contribution < 1.29 is 14.6 Å². The molecule has 0 aliphatic carbocycles. The van der Waals surface area contributed by atoms with Gasteiger partial charge in [0.2, 0.25) is 0 Å². The zero-order chi connectivity index (χ0) is 13.9. The minimum Gasteiger partial charge on any atom is -0.496 e. The lowest BCUT2D eigenvalue weighted by Crippen LogP contribution is -2.28. The molecule has 1 atom stereocenters. The molecule has 100 valence electrons. The van der Waals surface area contributed by atoms with Gasteiger partial charge in [-0.3, -0.25) is 4.79 Å². The second kappa shape index (κ2) is 5.71. The van der Waals surface area contributed by atoms with Crippen LogP contribution in [0.15, 0.2) is 22.7 Å². The van der Waals surface area contributed by atoms with Crippen molar-refractivity contribution in [3.8, 4) is 5.75 Å². The minimum absolute atomic E-state index is 0.321. The number of carboxylic acid groups (broad SMARTS) is 1. The monoisotopic (exact) mass is 315 g/mol. The number of benzene rings is 1. The van der Waals surface area contributed by atoms with Gasteiger partial charge < -0.3 is 15.6 Å². The van der Waals surface area contributed by atoms with Gasteiger partial charge in [0.05, 0.1) is 17.0 Å². The van der Waals surface area contributed by atoms with E-state index in [4.69, 9.17) is 15.6 Å². The molecule has 0 aliphatic rings. The van der Waals surface area contributed by atoms with Gasteiger partial charge in [0.15, 0.2) is 0 Å². The number of nitrogens with two attached hydrogens (primary N) is 1. The lowest BCUT2D eigenvalue weighted by Gasteiger charge is -2.24. The Morgan fingerprint density at radius 2 is 2.17 bits per heavy atom. The Morgan fingerprint density at radius 3 is 2.61 bits per heavy atom. The van der Waals surface area contributed by atoms with Crippen LogP contribution in [0.5, 0.6) is 5.75 Å². The van der Waals surface area contributed by atoms with Gasteiger partial charge in [-0.25, -0.2) is 0 Å². The third-order valence-electron chi connectivity index (χ3n) is 2.91. The van der Waals surface area contributed by atoms with Crippen LogP contribution in [0, 0.1) is 5.41 Å². The molecule has 1 rings (SSSR count). The summed E-state index contributed by atoms with van der Waals surface area (Å²) in [6, 6.07) is 5.21. The van der Waals surface area contributed by atoms with Gasteiger partial charge >= 0.3 is 5.97 Å². The summed E-state index contributed by atoms with van der Waals surface area (Å²) in [7, 11) is 1.59. The SMILES string of the molecule is COc1ccc(C(N)CC(C)(C)C(=O)O)cc1Br. The van der Waals surface area contributed by atoms with E-state index in [2.05, 4.69) is 15.9 Å². The Morgan fingerprint density at radius 1 is 1.56 bits per heavy atom. The number of methoxy groups -OCH3 is 1. The molecule has 0 radical (unpaired) electrons. The average Bonchev–Trinajstić information content (AvgIpc) is 2.28. The lowest BCUT2D eigenvalue weighted by atomic mass is 9.84. The van der Waals surface area contributed by atoms with Crippen LogP contribution in [0.25, 0.3) is 0 Å². The van der Waals surface area contributed by atoms with Crippen molar-refractivity contribution >= 4 is 21.9 Å². The predicted octanol–water partition coefficient (Wildman–Crippen LogP) is 2.96. The number of carbonyl (C=O) groups is 1. The van der Waals surface area contributed by atoms with E-state index in [1.54, 1.807) is 21.0 Å². The van der Waals surface area contributed by atoms with Crippen LogP contribution >= 0.6 is 15.9 Å². The van der Waals surface area contributed by atoms with Crippen molar-refractivity contribution in [2.45, 2.75) is 26.3 Å². The topological polar surface area (TPSA) is 72.5 Å². The number of hydrogen-bond acceptors (Lipinski definition) is 3. The Labute approximate surface area is 115 Å². The van der Waals surface area contributed by atoms with E-state index >= 15 is 0 Å². The van der Waals surface area contributed by atoms with E-state index in [-0.39, 0.29) is 6.04 Å². The second-order valence-corrected chi connectivity index (χ2v) is 5.75. The summed E-state index contributed by atoms with van der Waals surface area (Å²) in [5.41, 5.74) is 6.10. The predicted molar refractivity (Wildman–Crippen MR) is 73.7 cm³/mol. The van der Waals surface area contributed by atoms with Crippen molar-refractivity contribution in [2.24, 2.45) is 11.1 Å². The third kappa shape index (κ3) is 3.46. The average molecular weight is 316 g/mol. The molecule has 0 aliphatic heterocycles. The maximum atomic E-state index is 11.1. The molecular formula is C13H18BrNO3. The largest absolute Gasteiger partial charge is 0.496 e. The Kier molecular flexibility index (Phi) is 4.76. The highest BCUT2D eigenvalue weighted by Crippen LogP contribution is 2.32. The van der Waals surface area contributed by atoms with Crippen LogP contribution in [-0.2, 0) is 4.79 Å². The van der Waals surface area contributed by atoms with Gasteiger partial charge in [-0.05, 0) is 53.9 Å². The molecule has 0 saturated carbocycles. The molecule has 1 unspecified atom stereocenters. The second-order valence-electron chi connectivity index (χ2n) is 4.89. The first kappa shape index (κ1) is 15.0. The Balaban J connectivity index is 2.88. The van der Waals surface area contributed by atoms with Crippen molar-refractivity contribution in [3.05, 3.63) is 28.2 Å². The fourth-order valence-corrected chi connectivity index (χ4v) is 2.23. The highest BCUT2D eigenvalue weighted by molar-refractivity contribution is 9.10. The van der Waals surface area contributed by atoms with Gasteiger partial charge in [0.1, 0.15) is 5.75 Å². The maximum Gasteiger partial charge on any atom is 0.309 e. The van der Waals surface area contributed by atoms with Crippen molar-refractivity contribution in [2.75, 3.05) is 7.11 Å². The minimum atomic E-state index is -0.842. The molecule has 3 N–H and O–H groups in total. The van der Waals surface area contributed by atoms with E-state index in [9.17, 15) is 4.79 Å². The summed E-state index contributed by atoms with van der Waals surface area (Å²) in [6.45, 7) is 3.35. The number of carboxylic acids is 1. The van der Waals surface area contributed by atoms with Gasteiger partial charge in [0.25, 0.3) is 0 Å². The maximum absolute atomic E-state index is 11.1. The van der Waals surface area contributed by atoms with Crippen LogP contribution in [0.1, 0.15) is 31.9 Å². The summed E-state index contributed by atoms with van der Waals surface area (Å²) < 4.78 is 5.95. The lowest BCUT2D eigenvalue weighted by molar-refractivity contribution is -0.147. The van der Waals surface area contributed by atoms with E-state index in [1.807, 2.05) is 18.2 Å². The van der Waals surface area contributed by atoms with Crippen molar-refractivity contribution in [3.63, 3.8) is 0 Å². The van der Waals surface area contributed by atoms with Crippen LogP contribution in [0.3, 0.4) is 0 Å². The smallest absolute Gasteiger partial charge is 0.309 e. The van der Waals surface area contributed by atoms with Crippen molar-refractivity contribution in [1.82, 2.24) is 0 Å². The molecule has 0 fully saturated rings. The molecule has 4 nitrogen and oxygen atoms in total. The molecule has 1 aromatic carbocycles. The molecule has 0 aromatic heterocycles.